The standard InChI is InChI=1S/C25H23N3OS2/c1-2-28-15-14-18-21(16-28)31-25(27-22(29)13-12-17-8-4-3-5-9-17)23(18)24-26-19-10-6-7-11-20(19)30-24/h3-13H,2,14-16H2,1H3,(H,27,29)/b13-12-. The van der Waals surface area contributed by atoms with Gasteiger partial charge in [-0.05, 0) is 42.3 Å². The molecular formula is C25H23N3OS2. The first-order chi connectivity index (χ1) is 15.2. The molecule has 0 radical (unpaired) electrons. The zero-order chi connectivity index (χ0) is 21.2. The molecule has 0 fully saturated rings. The van der Waals surface area contributed by atoms with E-state index in [2.05, 4.69) is 23.2 Å². The zero-order valence-electron chi connectivity index (χ0n) is 17.3. The van der Waals surface area contributed by atoms with Gasteiger partial charge in [0.2, 0.25) is 5.91 Å². The molecule has 3 heterocycles. The Morgan fingerprint density at radius 3 is 2.74 bits per heavy atom. The Bertz CT molecular complexity index is 1220. The lowest BCUT2D eigenvalue weighted by Crippen LogP contribution is -2.29. The van der Waals surface area contributed by atoms with Crippen LogP contribution in [0.4, 0.5) is 5.00 Å². The molecule has 0 saturated carbocycles. The van der Waals surface area contributed by atoms with Crippen molar-refractivity contribution in [2.45, 2.75) is 19.9 Å². The maximum absolute atomic E-state index is 12.8. The number of rotatable bonds is 5. The van der Waals surface area contributed by atoms with Crippen LogP contribution in [-0.2, 0) is 17.8 Å². The predicted octanol–water partition coefficient (Wildman–Crippen LogP) is 6.05. The first-order valence-corrected chi connectivity index (χ1v) is 12.1. The van der Waals surface area contributed by atoms with Crippen LogP contribution in [0.3, 0.4) is 0 Å². The van der Waals surface area contributed by atoms with Gasteiger partial charge in [-0.2, -0.15) is 0 Å². The summed E-state index contributed by atoms with van der Waals surface area (Å²) in [5, 5.41) is 5.05. The normalized spacial score (nSPS) is 14.2. The van der Waals surface area contributed by atoms with E-state index in [-0.39, 0.29) is 5.91 Å². The number of carbonyl (C=O) groups excluding carboxylic acids is 1. The number of hydrogen-bond donors (Lipinski definition) is 1. The molecule has 1 aliphatic heterocycles. The second-order valence-corrected chi connectivity index (χ2v) is 9.68. The highest BCUT2D eigenvalue weighted by atomic mass is 32.1. The van der Waals surface area contributed by atoms with E-state index < -0.39 is 0 Å². The lowest BCUT2D eigenvalue weighted by molar-refractivity contribution is -0.111. The molecule has 0 bridgehead atoms. The minimum absolute atomic E-state index is 0.114. The Hall–Kier alpha value is -2.80. The molecule has 1 N–H and O–H groups in total. The van der Waals surface area contributed by atoms with E-state index in [9.17, 15) is 4.79 Å². The van der Waals surface area contributed by atoms with Crippen molar-refractivity contribution < 1.29 is 4.79 Å². The summed E-state index contributed by atoms with van der Waals surface area (Å²) in [5.74, 6) is -0.114. The number of likely N-dealkylation sites (N-methyl/N-ethyl adjacent to an activating group) is 1. The van der Waals surface area contributed by atoms with Gasteiger partial charge in [0, 0.05) is 29.6 Å². The van der Waals surface area contributed by atoms with E-state index in [0.29, 0.717) is 0 Å². The lowest BCUT2D eigenvalue weighted by atomic mass is 10.0. The van der Waals surface area contributed by atoms with Gasteiger partial charge in [-0.15, -0.1) is 22.7 Å². The number of para-hydroxylation sites is 1. The average Bonchev–Trinajstić information content (AvgIpc) is 3.38. The first kappa shape index (κ1) is 20.1. The molecule has 2 aromatic carbocycles. The van der Waals surface area contributed by atoms with E-state index in [0.717, 1.165) is 52.7 Å². The minimum atomic E-state index is -0.114. The second kappa shape index (κ2) is 8.75. The largest absolute Gasteiger partial charge is 0.313 e. The smallest absolute Gasteiger partial charge is 0.249 e. The SMILES string of the molecule is CCN1CCc2c(sc(NC(=O)/C=C\c3ccccc3)c2-c2nc3ccccc3s2)C1. The highest BCUT2D eigenvalue weighted by Crippen LogP contribution is 2.45. The van der Waals surface area contributed by atoms with Crippen LogP contribution in [0.15, 0.2) is 60.7 Å². The van der Waals surface area contributed by atoms with Crippen molar-refractivity contribution in [3.63, 3.8) is 0 Å². The van der Waals surface area contributed by atoms with Crippen LogP contribution in [-0.4, -0.2) is 28.9 Å². The highest BCUT2D eigenvalue weighted by molar-refractivity contribution is 7.22. The van der Waals surface area contributed by atoms with Gasteiger partial charge in [0.05, 0.1) is 10.2 Å². The number of thiazole rings is 1. The van der Waals surface area contributed by atoms with Gasteiger partial charge in [-0.25, -0.2) is 4.98 Å². The van der Waals surface area contributed by atoms with Crippen molar-refractivity contribution in [3.05, 3.63) is 76.7 Å². The fourth-order valence-electron chi connectivity index (χ4n) is 3.91. The topological polar surface area (TPSA) is 45.2 Å². The molecule has 0 unspecified atom stereocenters. The Kier molecular flexibility index (Phi) is 5.68. The van der Waals surface area contributed by atoms with Gasteiger partial charge in [0.15, 0.2) is 0 Å². The number of thiophene rings is 1. The molecule has 4 nitrogen and oxygen atoms in total. The molecule has 1 aliphatic rings. The first-order valence-electron chi connectivity index (χ1n) is 10.5. The number of amides is 1. The van der Waals surface area contributed by atoms with E-state index in [1.807, 2.05) is 54.6 Å². The summed E-state index contributed by atoms with van der Waals surface area (Å²) in [6.45, 7) is 5.21. The summed E-state index contributed by atoms with van der Waals surface area (Å²) in [5.41, 5.74) is 4.47. The maximum atomic E-state index is 12.8. The van der Waals surface area contributed by atoms with Crippen LogP contribution in [0.5, 0.6) is 0 Å². The van der Waals surface area contributed by atoms with E-state index in [1.165, 1.54) is 15.1 Å². The average molecular weight is 446 g/mol. The molecule has 1 amide bonds. The molecule has 0 saturated heterocycles. The quantitative estimate of drug-likeness (QED) is 0.380. The monoisotopic (exact) mass is 445 g/mol. The number of carbonyl (C=O) groups is 1. The molecule has 5 rings (SSSR count). The van der Waals surface area contributed by atoms with Crippen molar-refractivity contribution in [1.82, 2.24) is 9.88 Å². The number of fused-ring (bicyclic) bond motifs is 2. The fourth-order valence-corrected chi connectivity index (χ4v) is 6.31. The number of nitrogens with zero attached hydrogens (tertiary/aromatic N) is 2. The third kappa shape index (κ3) is 4.19. The molecular weight excluding hydrogens is 422 g/mol. The molecule has 0 aliphatic carbocycles. The third-order valence-corrected chi connectivity index (χ3v) is 7.74. The summed E-state index contributed by atoms with van der Waals surface area (Å²) in [4.78, 5) is 21.4. The zero-order valence-corrected chi connectivity index (χ0v) is 18.9. The van der Waals surface area contributed by atoms with E-state index in [4.69, 9.17) is 4.98 Å². The highest BCUT2D eigenvalue weighted by Gasteiger charge is 2.27. The van der Waals surface area contributed by atoms with Gasteiger partial charge < -0.3 is 5.32 Å². The number of nitrogens with one attached hydrogen (secondary N) is 1. The van der Waals surface area contributed by atoms with Crippen LogP contribution in [0, 0.1) is 0 Å². The lowest BCUT2D eigenvalue weighted by Gasteiger charge is -2.25. The Morgan fingerprint density at radius 1 is 1.13 bits per heavy atom. The van der Waals surface area contributed by atoms with Crippen LogP contribution < -0.4 is 5.32 Å². The number of anilines is 1. The van der Waals surface area contributed by atoms with E-state index >= 15 is 0 Å². The summed E-state index contributed by atoms with van der Waals surface area (Å²) in [6.07, 6.45) is 4.44. The van der Waals surface area contributed by atoms with Crippen molar-refractivity contribution >= 4 is 49.9 Å². The van der Waals surface area contributed by atoms with Crippen LogP contribution in [0.25, 0.3) is 26.9 Å². The minimum Gasteiger partial charge on any atom is -0.313 e. The summed E-state index contributed by atoms with van der Waals surface area (Å²) in [7, 11) is 0. The molecule has 2 aromatic heterocycles. The van der Waals surface area contributed by atoms with Gasteiger partial charge >= 0.3 is 0 Å². The van der Waals surface area contributed by atoms with Crippen molar-refractivity contribution in [2.75, 3.05) is 18.4 Å². The summed E-state index contributed by atoms with van der Waals surface area (Å²) < 4.78 is 1.17. The third-order valence-electron chi connectivity index (χ3n) is 5.55. The van der Waals surface area contributed by atoms with Crippen LogP contribution >= 0.6 is 22.7 Å². The Labute approximate surface area is 189 Å². The molecule has 4 aromatic rings. The van der Waals surface area contributed by atoms with Crippen molar-refractivity contribution in [3.8, 4) is 10.6 Å². The molecule has 31 heavy (non-hydrogen) atoms. The van der Waals surface area contributed by atoms with E-state index in [1.54, 1.807) is 28.7 Å². The predicted molar refractivity (Wildman–Crippen MR) is 132 cm³/mol. The van der Waals surface area contributed by atoms with Crippen molar-refractivity contribution in [1.29, 1.82) is 0 Å². The molecule has 6 heteroatoms. The molecule has 156 valence electrons. The summed E-state index contributed by atoms with van der Waals surface area (Å²) in [6, 6.07) is 18.1. The number of hydrogen-bond acceptors (Lipinski definition) is 5. The number of benzene rings is 2. The fraction of sp³-hybridized carbons (Fsp3) is 0.200. The maximum Gasteiger partial charge on any atom is 0.249 e. The summed E-state index contributed by atoms with van der Waals surface area (Å²) >= 11 is 3.39. The van der Waals surface area contributed by atoms with Crippen molar-refractivity contribution in [2.24, 2.45) is 0 Å². The molecule has 0 spiro atoms. The van der Waals surface area contributed by atoms with Gasteiger partial charge in [0.25, 0.3) is 0 Å². The van der Waals surface area contributed by atoms with Gasteiger partial charge in [-0.3, -0.25) is 9.69 Å². The Balaban J connectivity index is 1.51. The van der Waals surface area contributed by atoms with Crippen LogP contribution in [0.2, 0.25) is 0 Å². The number of aromatic nitrogens is 1. The molecule has 0 atom stereocenters. The second-order valence-electron chi connectivity index (χ2n) is 7.55. The van der Waals surface area contributed by atoms with Gasteiger partial charge in [0.1, 0.15) is 10.0 Å². The Morgan fingerprint density at radius 2 is 1.94 bits per heavy atom. The van der Waals surface area contributed by atoms with Gasteiger partial charge in [-0.1, -0.05) is 49.4 Å². The van der Waals surface area contributed by atoms with Crippen LogP contribution in [0.1, 0.15) is 22.9 Å².